The second-order valence-electron chi connectivity index (χ2n) is 7.72. The fourth-order valence-corrected chi connectivity index (χ4v) is 3.86. The van der Waals surface area contributed by atoms with Gasteiger partial charge in [-0.2, -0.15) is 0 Å². The summed E-state index contributed by atoms with van der Waals surface area (Å²) in [5.74, 6) is 0.834. The zero-order valence-electron chi connectivity index (χ0n) is 17.2. The quantitative estimate of drug-likeness (QED) is 0.483. The van der Waals surface area contributed by atoms with Crippen LogP contribution in [0, 0.1) is 6.92 Å². The average Bonchev–Trinajstić information content (AvgIpc) is 3.06. The van der Waals surface area contributed by atoms with Gasteiger partial charge in [0, 0.05) is 28.9 Å². The first-order chi connectivity index (χ1) is 14.0. The van der Waals surface area contributed by atoms with E-state index in [9.17, 15) is 4.79 Å². The number of fused-ring (bicyclic) bond motifs is 2. The molecule has 3 aliphatic rings. The molecule has 0 aromatic heterocycles. The zero-order valence-corrected chi connectivity index (χ0v) is 17.2. The molecular formula is C25H26N2O2. The SMILES string of the molecule is Cc1cc(/C=C2/C(=O)Nc3ccccc32)c2ccccc(OCCCN(C)C)c1-2. The second kappa shape index (κ2) is 8.10. The molecule has 2 aliphatic carbocycles. The van der Waals surface area contributed by atoms with Crippen molar-refractivity contribution >= 4 is 23.2 Å². The van der Waals surface area contributed by atoms with E-state index in [1.165, 1.54) is 0 Å². The number of nitrogens with zero attached hydrogens (tertiary/aromatic N) is 1. The van der Waals surface area contributed by atoms with Crippen molar-refractivity contribution in [2.45, 2.75) is 13.3 Å². The number of amides is 1. The second-order valence-corrected chi connectivity index (χ2v) is 7.72. The highest BCUT2D eigenvalue weighted by Crippen LogP contribution is 2.41. The molecule has 0 saturated carbocycles. The Balaban J connectivity index is 1.68. The van der Waals surface area contributed by atoms with Crippen LogP contribution in [0.15, 0.2) is 54.6 Å². The Kier molecular flexibility index (Phi) is 5.36. The molecule has 1 aliphatic heterocycles. The summed E-state index contributed by atoms with van der Waals surface area (Å²) in [6.45, 7) is 3.77. The van der Waals surface area contributed by atoms with Gasteiger partial charge in [0.05, 0.1) is 6.61 Å². The number of aryl methyl sites for hydroxylation is 1. The Morgan fingerprint density at radius 1 is 1.03 bits per heavy atom. The molecule has 1 N–H and O–H groups in total. The number of carbonyl (C=O) groups is 1. The monoisotopic (exact) mass is 386 g/mol. The lowest BCUT2D eigenvalue weighted by atomic mass is 10.0. The van der Waals surface area contributed by atoms with Gasteiger partial charge in [-0.3, -0.25) is 4.79 Å². The lowest BCUT2D eigenvalue weighted by Crippen LogP contribution is -2.15. The molecule has 0 atom stereocenters. The van der Waals surface area contributed by atoms with E-state index in [1.807, 2.05) is 48.5 Å². The number of nitrogens with one attached hydrogen (secondary N) is 1. The molecule has 0 radical (unpaired) electrons. The van der Waals surface area contributed by atoms with Crippen LogP contribution in [0.1, 0.15) is 23.1 Å². The van der Waals surface area contributed by atoms with Gasteiger partial charge in [0.25, 0.3) is 5.91 Å². The molecule has 0 unspecified atom stereocenters. The first-order valence-corrected chi connectivity index (χ1v) is 9.97. The van der Waals surface area contributed by atoms with Gasteiger partial charge in [0.15, 0.2) is 0 Å². The largest absolute Gasteiger partial charge is 0.493 e. The van der Waals surface area contributed by atoms with Gasteiger partial charge in [-0.05, 0) is 62.3 Å². The first kappa shape index (κ1) is 19.2. The molecule has 1 aromatic carbocycles. The molecule has 148 valence electrons. The van der Waals surface area contributed by atoms with Crippen LogP contribution >= 0.6 is 0 Å². The number of para-hydroxylation sites is 1. The highest BCUT2D eigenvalue weighted by atomic mass is 16.5. The molecule has 1 aromatic rings. The maximum Gasteiger partial charge on any atom is 0.256 e. The minimum Gasteiger partial charge on any atom is -0.493 e. The first-order valence-electron chi connectivity index (χ1n) is 9.97. The van der Waals surface area contributed by atoms with Crippen LogP contribution in [0.3, 0.4) is 0 Å². The van der Waals surface area contributed by atoms with Crippen molar-refractivity contribution in [1.82, 2.24) is 4.90 Å². The zero-order chi connectivity index (χ0) is 20.4. The Bertz CT molecular complexity index is 1050. The summed E-state index contributed by atoms with van der Waals surface area (Å²) < 4.78 is 6.14. The third-order valence-electron chi connectivity index (χ3n) is 5.23. The highest BCUT2D eigenvalue weighted by Gasteiger charge is 2.25. The van der Waals surface area contributed by atoms with Crippen molar-refractivity contribution in [3.8, 4) is 16.9 Å². The number of carbonyl (C=O) groups excluding carboxylic acids is 1. The van der Waals surface area contributed by atoms with E-state index in [0.29, 0.717) is 12.2 Å². The van der Waals surface area contributed by atoms with E-state index in [2.05, 4.69) is 43.4 Å². The maximum atomic E-state index is 12.5. The summed E-state index contributed by atoms with van der Waals surface area (Å²) in [7, 11) is 4.14. The summed E-state index contributed by atoms with van der Waals surface area (Å²) >= 11 is 0. The van der Waals surface area contributed by atoms with Crippen molar-refractivity contribution in [3.63, 3.8) is 0 Å². The minimum atomic E-state index is -0.0568. The van der Waals surface area contributed by atoms with Crippen LogP contribution in [0.2, 0.25) is 0 Å². The summed E-state index contributed by atoms with van der Waals surface area (Å²) in [6.07, 6.45) is 2.97. The maximum absolute atomic E-state index is 12.5. The van der Waals surface area contributed by atoms with Crippen molar-refractivity contribution in [1.29, 1.82) is 0 Å². The smallest absolute Gasteiger partial charge is 0.256 e. The van der Waals surface area contributed by atoms with Gasteiger partial charge >= 0.3 is 0 Å². The summed E-state index contributed by atoms with van der Waals surface area (Å²) in [5, 5.41) is 2.95. The third-order valence-corrected chi connectivity index (χ3v) is 5.23. The number of ether oxygens (including phenoxy) is 1. The van der Waals surface area contributed by atoms with E-state index >= 15 is 0 Å². The predicted molar refractivity (Wildman–Crippen MR) is 119 cm³/mol. The van der Waals surface area contributed by atoms with E-state index in [-0.39, 0.29) is 5.91 Å². The minimum absolute atomic E-state index is 0.0568. The lowest BCUT2D eigenvalue weighted by molar-refractivity contribution is -0.110. The van der Waals surface area contributed by atoms with Gasteiger partial charge in [-0.15, -0.1) is 0 Å². The van der Waals surface area contributed by atoms with E-state index in [0.717, 1.165) is 52.2 Å². The standard InChI is InChI=1S/C25H26N2O2/c1-17-15-18(16-21-20-10-4-6-11-22(20)26-25(21)28)19-9-5-7-12-23(24(17)19)29-14-8-13-27(2)3/h4-7,9-12,15-16H,8,13-14H2,1-3H3,(H,26,28)/b21-16+. The van der Waals surface area contributed by atoms with Crippen LogP contribution in [0.5, 0.6) is 5.75 Å². The van der Waals surface area contributed by atoms with E-state index in [1.54, 1.807) is 0 Å². The molecule has 0 saturated heterocycles. The number of benzene rings is 1. The predicted octanol–water partition coefficient (Wildman–Crippen LogP) is 4.92. The van der Waals surface area contributed by atoms with Crippen molar-refractivity contribution in [2.75, 3.05) is 32.6 Å². The molecule has 29 heavy (non-hydrogen) atoms. The fraction of sp³-hybridized carbons (Fsp3) is 0.240. The number of rotatable bonds is 6. The molecule has 1 heterocycles. The Morgan fingerprint density at radius 3 is 2.55 bits per heavy atom. The van der Waals surface area contributed by atoms with Crippen molar-refractivity contribution in [2.24, 2.45) is 0 Å². The van der Waals surface area contributed by atoms with Crippen LogP contribution in [0.4, 0.5) is 5.69 Å². The lowest BCUT2D eigenvalue weighted by Gasteiger charge is -2.12. The normalized spacial score (nSPS) is 14.5. The summed E-state index contributed by atoms with van der Waals surface area (Å²) in [4.78, 5) is 14.7. The van der Waals surface area contributed by atoms with Gasteiger partial charge < -0.3 is 15.0 Å². The topological polar surface area (TPSA) is 41.6 Å². The fourth-order valence-electron chi connectivity index (χ4n) is 3.86. The highest BCUT2D eigenvalue weighted by molar-refractivity contribution is 6.35. The van der Waals surface area contributed by atoms with Gasteiger partial charge in [-0.1, -0.05) is 42.5 Å². The number of anilines is 1. The molecule has 4 nitrogen and oxygen atoms in total. The molecular weight excluding hydrogens is 360 g/mol. The van der Waals surface area contributed by atoms with Crippen LogP contribution in [0.25, 0.3) is 22.8 Å². The van der Waals surface area contributed by atoms with Crippen molar-refractivity contribution < 1.29 is 9.53 Å². The summed E-state index contributed by atoms with van der Waals surface area (Å²) in [6, 6.07) is 18.1. The molecule has 4 heteroatoms. The van der Waals surface area contributed by atoms with E-state index in [4.69, 9.17) is 4.74 Å². The Labute approximate surface area is 172 Å². The Hall–Kier alpha value is -3.11. The molecule has 0 fully saturated rings. The molecule has 0 bridgehead atoms. The van der Waals surface area contributed by atoms with Gasteiger partial charge in [0.1, 0.15) is 5.75 Å². The summed E-state index contributed by atoms with van der Waals surface area (Å²) in [5.41, 5.74) is 6.91. The molecule has 4 rings (SSSR count). The van der Waals surface area contributed by atoms with Gasteiger partial charge in [-0.25, -0.2) is 0 Å². The molecule has 0 spiro atoms. The third kappa shape index (κ3) is 3.89. The number of hydrogen-bond acceptors (Lipinski definition) is 3. The average molecular weight is 386 g/mol. The Morgan fingerprint density at radius 2 is 1.76 bits per heavy atom. The van der Waals surface area contributed by atoms with Crippen LogP contribution in [-0.4, -0.2) is 38.1 Å². The van der Waals surface area contributed by atoms with Crippen LogP contribution in [-0.2, 0) is 4.79 Å². The molecule has 1 amide bonds. The van der Waals surface area contributed by atoms with Crippen molar-refractivity contribution in [3.05, 3.63) is 71.3 Å². The van der Waals surface area contributed by atoms with E-state index < -0.39 is 0 Å². The van der Waals surface area contributed by atoms with Gasteiger partial charge in [0.2, 0.25) is 0 Å². The van der Waals surface area contributed by atoms with Crippen LogP contribution < -0.4 is 10.1 Å². The number of hydrogen-bond donors (Lipinski definition) is 1.